The molecule has 0 amide bonds. The summed E-state index contributed by atoms with van der Waals surface area (Å²) in [5.41, 5.74) is -0.950. The van der Waals surface area contributed by atoms with Crippen LogP contribution in [0.1, 0.15) is 39.5 Å². The number of carbonyl (C=O) groups is 1. The Kier molecular flexibility index (Phi) is 3.83. The van der Waals surface area contributed by atoms with E-state index >= 15 is 0 Å². The molecule has 15 heavy (non-hydrogen) atoms. The molecule has 3 heteroatoms. The second-order valence-corrected chi connectivity index (χ2v) is 5.99. The predicted octanol–water partition coefficient (Wildman–Crippen LogP) is 3.03. The maximum atomic E-state index is 12.1. The van der Waals surface area contributed by atoms with Crippen LogP contribution in [0.3, 0.4) is 0 Å². The van der Waals surface area contributed by atoms with E-state index < -0.39 is 5.41 Å². The minimum Gasteiger partial charge on any atom is -0.297 e. The number of rotatable bonds is 4. The first-order valence-electron chi connectivity index (χ1n) is 5.44. The quantitative estimate of drug-likeness (QED) is 0.690. The number of nitrogens with zero attached hydrogens (tertiary/aromatic N) is 1. The first-order chi connectivity index (χ1) is 6.98. The van der Waals surface area contributed by atoms with Crippen LogP contribution < -0.4 is 0 Å². The fourth-order valence-corrected chi connectivity index (χ4v) is 2.75. The summed E-state index contributed by atoms with van der Waals surface area (Å²) in [5, 5.41) is 9.24. The summed E-state index contributed by atoms with van der Waals surface area (Å²) in [4.78, 5) is 12.1. The minimum atomic E-state index is -0.667. The molecule has 1 saturated carbocycles. The molecule has 0 saturated heterocycles. The lowest BCUT2D eigenvalue weighted by Gasteiger charge is -2.22. The van der Waals surface area contributed by atoms with E-state index in [9.17, 15) is 10.1 Å². The third kappa shape index (κ3) is 2.36. The standard InChI is InChI=1S/C12H19NOS/c1-11(2)6-7-12(9-13,10(11)14)5-4-8-15-3/h4-8H2,1-3H3. The highest BCUT2D eigenvalue weighted by Crippen LogP contribution is 2.48. The van der Waals surface area contributed by atoms with E-state index in [1.54, 1.807) is 11.8 Å². The number of hydrogen-bond acceptors (Lipinski definition) is 3. The second kappa shape index (κ2) is 4.57. The molecule has 84 valence electrons. The molecular weight excluding hydrogens is 206 g/mol. The van der Waals surface area contributed by atoms with Gasteiger partial charge < -0.3 is 0 Å². The lowest BCUT2D eigenvalue weighted by Crippen LogP contribution is -2.31. The molecule has 0 N–H and O–H groups in total. The van der Waals surface area contributed by atoms with Crippen molar-refractivity contribution in [3.8, 4) is 6.07 Å². The third-order valence-corrected chi connectivity index (χ3v) is 4.09. The van der Waals surface area contributed by atoms with E-state index in [0.29, 0.717) is 0 Å². The van der Waals surface area contributed by atoms with Crippen LogP contribution in [0, 0.1) is 22.2 Å². The van der Waals surface area contributed by atoms with Crippen LogP contribution in [0.15, 0.2) is 0 Å². The summed E-state index contributed by atoms with van der Waals surface area (Å²) >= 11 is 1.77. The SMILES string of the molecule is CSCCCC1(C#N)CCC(C)(C)C1=O. The summed E-state index contributed by atoms with van der Waals surface area (Å²) in [6.07, 6.45) is 5.38. The highest BCUT2D eigenvalue weighted by Gasteiger charge is 2.51. The molecule has 0 heterocycles. The first kappa shape index (κ1) is 12.6. The zero-order valence-electron chi connectivity index (χ0n) is 9.80. The fourth-order valence-electron chi connectivity index (χ4n) is 2.32. The zero-order chi connectivity index (χ0) is 11.5. The average molecular weight is 225 g/mol. The van der Waals surface area contributed by atoms with Crippen molar-refractivity contribution in [2.45, 2.75) is 39.5 Å². The normalized spacial score (nSPS) is 29.1. The summed E-state index contributed by atoms with van der Waals surface area (Å²) in [7, 11) is 0. The molecule has 1 atom stereocenters. The fraction of sp³-hybridized carbons (Fsp3) is 0.833. The van der Waals surface area contributed by atoms with Crippen molar-refractivity contribution in [1.29, 1.82) is 5.26 Å². The van der Waals surface area contributed by atoms with Gasteiger partial charge in [-0.1, -0.05) is 13.8 Å². The van der Waals surface area contributed by atoms with E-state index in [1.807, 2.05) is 13.8 Å². The minimum absolute atomic E-state index is 0.165. The number of carbonyl (C=O) groups excluding carboxylic acids is 1. The van der Waals surface area contributed by atoms with Crippen molar-refractivity contribution in [3.05, 3.63) is 0 Å². The Bertz CT molecular complexity index is 292. The van der Waals surface area contributed by atoms with Crippen molar-refractivity contribution in [2.75, 3.05) is 12.0 Å². The Morgan fingerprint density at radius 3 is 2.53 bits per heavy atom. The lowest BCUT2D eigenvalue weighted by atomic mass is 9.78. The Morgan fingerprint density at radius 1 is 1.47 bits per heavy atom. The first-order valence-corrected chi connectivity index (χ1v) is 6.83. The molecule has 0 aromatic heterocycles. The second-order valence-electron chi connectivity index (χ2n) is 5.00. The maximum Gasteiger partial charge on any atom is 0.158 e. The molecule has 1 aliphatic carbocycles. The Morgan fingerprint density at radius 2 is 2.13 bits per heavy atom. The molecule has 1 rings (SSSR count). The van der Waals surface area contributed by atoms with E-state index in [0.717, 1.165) is 31.4 Å². The van der Waals surface area contributed by atoms with Crippen LogP contribution in [0.4, 0.5) is 0 Å². The van der Waals surface area contributed by atoms with E-state index in [-0.39, 0.29) is 11.2 Å². The van der Waals surface area contributed by atoms with Gasteiger partial charge >= 0.3 is 0 Å². The monoisotopic (exact) mass is 225 g/mol. The lowest BCUT2D eigenvalue weighted by molar-refractivity contribution is -0.130. The molecule has 0 radical (unpaired) electrons. The van der Waals surface area contributed by atoms with Crippen LogP contribution in [0.5, 0.6) is 0 Å². The Hall–Kier alpha value is -0.490. The molecule has 1 unspecified atom stereocenters. The van der Waals surface area contributed by atoms with Crippen LogP contribution in [0.2, 0.25) is 0 Å². The van der Waals surface area contributed by atoms with Crippen LogP contribution in [-0.4, -0.2) is 17.8 Å². The summed E-state index contributed by atoms with van der Waals surface area (Å²) in [6.45, 7) is 3.92. The molecule has 0 aromatic rings. The highest BCUT2D eigenvalue weighted by molar-refractivity contribution is 7.98. The van der Waals surface area contributed by atoms with Gasteiger partial charge in [0.25, 0.3) is 0 Å². The summed E-state index contributed by atoms with van der Waals surface area (Å²) < 4.78 is 0. The van der Waals surface area contributed by atoms with Crippen molar-refractivity contribution in [2.24, 2.45) is 10.8 Å². The van der Waals surface area contributed by atoms with Gasteiger partial charge in [-0.2, -0.15) is 17.0 Å². The molecule has 0 aliphatic heterocycles. The van der Waals surface area contributed by atoms with Gasteiger partial charge in [0.05, 0.1) is 6.07 Å². The number of thioether (sulfide) groups is 1. The van der Waals surface area contributed by atoms with Crippen molar-refractivity contribution in [3.63, 3.8) is 0 Å². The molecule has 1 aliphatic rings. The third-order valence-electron chi connectivity index (χ3n) is 3.39. The van der Waals surface area contributed by atoms with Crippen LogP contribution in [0.25, 0.3) is 0 Å². The van der Waals surface area contributed by atoms with Crippen molar-refractivity contribution < 1.29 is 4.79 Å². The smallest absolute Gasteiger partial charge is 0.158 e. The van der Waals surface area contributed by atoms with Gasteiger partial charge in [0, 0.05) is 5.41 Å². The maximum absolute atomic E-state index is 12.1. The van der Waals surface area contributed by atoms with Gasteiger partial charge in [-0.25, -0.2) is 0 Å². The van der Waals surface area contributed by atoms with Gasteiger partial charge in [-0.15, -0.1) is 0 Å². The van der Waals surface area contributed by atoms with E-state index in [2.05, 4.69) is 12.3 Å². The van der Waals surface area contributed by atoms with Gasteiger partial charge in [-0.3, -0.25) is 4.79 Å². The number of hydrogen-bond donors (Lipinski definition) is 0. The van der Waals surface area contributed by atoms with Gasteiger partial charge in [0.15, 0.2) is 5.78 Å². The number of ketones is 1. The Labute approximate surface area is 96.4 Å². The number of nitriles is 1. The average Bonchev–Trinajstić information content (AvgIpc) is 2.43. The Balaban J connectivity index is 2.72. The largest absolute Gasteiger partial charge is 0.297 e. The van der Waals surface area contributed by atoms with Crippen LogP contribution >= 0.6 is 11.8 Å². The summed E-state index contributed by atoms with van der Waals surface area (Å²) in [5.74, 6) is 1.20. The van der Waals surface area contributed by atoms with Gasteiger partial charge in [0.1, 0.15) is 5.41 Å². The van der Waals surface area contributed by atoms with Gasteiger partial charge in [0.2, 0.25) is 0 Å². The number of Topliss-reactive ketones (excluding diaryl/α,β-unsaturated/α-hetero) is 1. The molecule has 0 spiro atoms. The van der Waals surface area contributed by atoms with E-state index in [1.165, 1.54) is 0 Å². The predicted molar refractivity (Wildman–Crippen MR) is 63.7 cm³/mol. The van der Waals surface area contributed by atoms with Crippen LogP contribution in [-0.2, 0) is 4.79 Å². The molecular formula is C12H19NOS. The highest BCUT2D eigenvalue weighted by atomic mass is 32.2. The summed E-state index contributed by atoms with van der Waals surface area (Å²) in [6, 6.07) is 2.28. The molecule has 1 fully saturated rings. The van der Waals surface area contributed by atoms with Gasteiger partial charge in [-0.05, 0) is 37.7 Å². The van der Waals surface area contributed by atoms with E-state index in [4.69, 9.17) is 0 Å². The molecule has 2 nitrogen and oxygen atoms in total. The zero-order valence-corrected chi connectivity index (χ0v) is 10.6. The van der Waals surface area contributed by atoms with Crippen molar-refractivity contribution in [1.82, 2.24) is 0 Å². The topological polar surface area (TPSA) is 40.9 Å². The molecule has 0 aromatic carbocycles. The molecule has 0 bridgehead atoms. The van der Waals surface area contributed by atoms with Crippen molar-refractivity contribution >= 4 is 17.5 Å².